The van der Waals surface area contributed by atoms with Crippen LogP contribution in [0.25, 0.3) is 0 Å². The molecule has 0 unspecified atom stereocenters. The Bertz CT molecular complexity index is 567. The van der Waals surface area contributed by atoms with Crippen LogP contribution in [-0.4, -0.2) is 17.1 Å². The van der Waals surface area contributed by atoms with E-state index in [1.165, 1.54) is 6.07 Å². The van der Waals surface area contributed by atoms with E-state index in [-0.39, 0.29) is 41.2 Å². The first-order valence-corrected chi connectivity index (χ1v) is 5.08. The zero-order valence-electron chi connectivity index (χ0n) is 10.2. The zero-order valence-corrected chi connectivity index (χ0v) is 12.2. The third-order valence-corrected chi connectivity index (χ3v) is 2.06. The summed E-state index contributed by atoms with van der Waals surface area (Å²) >= 11 is 0. The number of ether oxygens (including phenoxy) is 1. The van der Waals surface area contributed by atoms with E-state index < -0.39 is 18.4 Å². The minimum Gasteiger partial charge on any atom is -0.550 e. The van der Waals surface area contributed by atoms with Crippen LogP contribution in [0.5, 0.6) is 5.88 Å². The molecule has 1 heterocycles. The van der Waals surface area contributed by atoms with Crippen molar-refractivity contribution >= 4 is 11.9 Å². The van der Waals surface area contributed by atoms with E-state index in [0.29, 0.717) is 5.56 Å². The molecule has 19 heavy (non-hydrogen) atoms. The van der Waals surface area contributed by atoms with Crippen molar-refractivity contribution in [1.82, 2.24) is 5.16 Å². The van der Waals surface area contributed by atoms with E-state index in [1.54, 1.807) is 30.3 Å². The number of carboxylic acid groups (broad SMARTS) is 1. The summed E-state index contributed by atoms with van der Waals surface area (Å²) in [5, 5.41) is 13.7. The molecular weight excluding hydrogens is 261 g/mol. The summed E-state index contributed by atoms with van der Waals surface area (Å²) < 4.78 is 9.57. The van der Waals surface area contributed by atoms with Gasteiger partial charge in [-0.15, -0.1) is 0 Å². The largest absolute Gasteiger partial charge is 1.00 e. The summed E-state index contributed by atoms with van der Waals surface area (Å²) in [5.41, 5.74) is 0.363. The van der Waals surface area contributed by atoms with Crippen LogP contribution >= 0.6 is 0 Å². The van der Waals surface area contributed by atoms with Crippen LogP contribution < -0.4 is 39.4 Å². The molecule has 1 aromatic heterocycles. The molecule has 0 atom stereocenters. The molecule has 0 saturated carbocycles. The molecule has 0 bridgehead atoms. The molecule has 92 valence electrons. The molecule has 0 N–H and O–H groups in total. The maximum Gasteiger partial charge on any atom is 1.00 e. The Morgan fingerprint density at radius 1 is 1.26 bits per heavy atom. The fourth-order valence-corrected chi connectivity index (χ4v) is 1.30. The molecular formula is C12H8NNaO5. The fraction of sp³-hybridized carbons (Fsp3) is 0.0833. The van der Waals surface area contributed by atoms with Gasteiger partial charge in [0.15, 0.2) is 0 Å². The summed E-state index contributed by atoms with van der Waals surface area (Å²) in [6.07, 6.45) is -0.421. The van der Waals surface area contributed by atoms with Gasteiger partial charge in [0, 0.05) is 18.5 Å². The molecule has 1 aromatic carbocycles. The van der Waals surface area contributed by atoms with Gasteiger partial charge in [-0.25, -0.2) is 4.79 Å². The predicted octanol–water partition coefficient (Wildman–Crippen LogP) is -2.81. The number of carboxylic acids is 1. The smallest absolute Gasteiger partial charge is 0.550 e. The fourth-order valence-electron chi connectivity index (χ4n) is 1.30. The number of esters is 1. The Morgan fingerprint density at radius 3 is 2.58 bits per heavy atom. The topological polar surface area (TPSA) is 92.5 Å². The van der Waals surface area contributed by atoms with E-state index in [2.05, 4.69) is 9.68 Å². The molecule has 0 aliphatic carbocycles. The number of rotatable bonds is 4. The second kappa shape index (κ2) is 7.08. The summed E-state index contributed by atoms with van der Waals surface area (Å²) in [6.45, 7) is 0. The second-order valence-electron chi connectivity index (χ2n) is 3.44. The number of hydrogen-bond donors (Lipinski definition) is 0. The SMILES string of the molecule is O=C([O-])Cc1cc(OC(=O)c2ccccc2)no1.[Na+]. The zero-order chi connectivity index (χ0) is 13.0. The Balaban J connectivity index is 0.00000180. The molecule has 2 rings (SSSR count). The van der Waals surface area contributed by atoms with Crippen LogP contribution in [0.15, 0.2) is 40.9 Å². The van der Waals surface area contributed by atoms with E-state index in [0.717, 1.165) is 0 Å². The van der Waals surface area contributed by atoms with Crippen LogP contribution in [0.4, 0.5) is 0 Å². The Morgan fingerprint density at radius 2 is 1.95 bits per heavy atom. The van der Waals surface area contributed by atoms with Gasteiger partial charge in [-0.1, -0.05) is 18.2 Å². The molecule has 0 spiro atoms. The monoisotopic (exact) mass is 269 g/mol. The number of carbonyl (C=O) groups is 2. The van der Waals surface area contributed by atoms with Gasteiger partial charge in [-0.2, -0.15) is 0 Å². The average Bonchev–Trinajstić information content (AvgIpc) is 2.76. The average molecular weight is 269 g/mol. The molecule has 2 aromatic rings. The summed E-state index contributed by atoms with van der Waals surface area (Å²) in [7, 11) is 0. The summed E-state index contributed by atoms with van der Waals surface area (Å²) in [4.78, 5) is 21.9. The van der Waals surface area contributed by atoms with Gasteiger partial charge >= 0.3 is 35.5 Å². The van der Waals surface area contributed by atoms with Crippen LogP contribution in [-0.2, 0) is 11.2 Å². The molecule has 0 saturated heterocycles. The van der Waals surface area contributed by atoms with Crippen LogP contribution in [0.1, 0.15) is 16.1 Å². The van der Waals surface area contributed by atoms with Crippen molar-refractivity contribution in [3.05, 3.63) is 47.7 Å². The van der Waals surface area contributed by atoms with Crippen molar-refractivity contribution in [2.45, 2.75) is 6.42 Å². The van der Waals surface area contributed by atoms with Crippen LogP contribution in [0.2, 0.25) is 0 Å². The van der Waals surface area contributed by atoms with E-state index in [1.807, 2.05) is 0 Å². The van der Waals surface area contributed by atoms with Crippen molar-refractivity contribution in [1.29, 1.82) is 0 Å². The van der Waals surface area contributed by atoms with Crippen molar-refractivity contribution in [3.8, 4) is 5.88 Å². The van der Waals surface area contributed by atoms with E-state index in [4.69, 9.17) is 4.74 Å². The van der Waals surface area contributed by atoms with Crippen molar-refractivity contribution < 1.29 is 53.5 Å². The van der Waals surface area contributed by atoms with Crippen molar-refractivity contribution in [2.24, 2.45) is 0 Å². The minimum absolute atomic E-state index is 0. The van der Waals surface area contributed by atoms with Gasteiger partial charge in [0.05, 0.1) is 5.56 Å². The third kappa shape index (κ3) is 4.51. The molecule has 0 amide bonds. The first kappa shape index (κ1) is 15.4. The maximum absolute atomic E-state index is 11.6. The number of aliphatic carboxylic acids is 1. The van der Waals surface area contributed by atoms with Gasteiger partial charge in [0.25, 0.3) is 5.88 Å². The van der Waals surface area contributed by atoms with Crippen LogP contribution in [0, 0.1) is 0 Å². The normalized spacial score (nSPS) is 9.47. The molecule has 0 fully saturated rings. The second-order valence-corrected chi connectivity index (χ2v) is 3.44. The number of carbonyl (C=O) groups excluding carboxylic acids is 2. The molecule has 0 radical (unpaired) electrons. The first-order chi connectivity index (χ1) is 8.65. The predicted molar refractivity (Wildman–Crippen MR) is 56.6 cm³/mol. The van der Waals surface area contributed by atoms with Crippen LogP contribution in [0.3, 0.4) is 0 Å². The number of benzene rings is 1. The summed E-state index contributed by atoms with van der Waals surface area (Å²) in [6, 6.07) is 9.57. The quantitative estimate of drug-likeness (QED) is 0.439. The minimum atomic E-state index is -1.30. The Labute approximate surface area is 130 Å². The van der Waals surface area contributed by atoms with Gasteiger partial charge < -0.3 is 19.2 Å². The van der Waals surface area contributed by atoms with Gasteiger partial charge in [0.2, 0.25) is 0 Å². The van der Waals surface area contributed by atoms with Crippen molar-refractivity contribution in [3.63, 3.8) is 0 Å². The van der Waals surface area contributed by atoms with Gasteiger partial charge in [0.1, 0.15) is 5.76 Å². The van der Waals surface area contributed by atoms with Gasteiger partial charge in [-0.3, -0.25) is 0 Å². The number of nitrogens with zero attached hydrogens (tertiary/aromatic N) is 1. The molecule has 7 heteroatoms. The van der Waals surface area contributed by atoms with E-state index in [9.17, 15) is 14.7 Å². The number of aromatic nitrogens is 1. The Hall–Kier alpha value is -1.63. The van der Waals surface area contributed by atoms with Gasteiger partial charge in [-0.05, 0) is 17.3 Å². The maximum atomic E-state index is 11.6. The Kier molecular flexibility index (Phi) is 5.75. The number of hydrogen-bond acceptors (Lipinski definition) is 6. The first-order valence-electron chi connectivity index (χ1n) is 5.08. The molecule has 0 aliphatic heterocycles. The van der Waals surface area contributed by atoms with Crippen molar-refractivity contribution in [2.75, 3.05) is 0 Å². The summed E-state index contributed by atoms with van der Waals surface area (Å²) in [5.74, 6) is -1.91. The van der Waals surface area contributed by atoms with E-state index >= 15 is 0 Å². The third-order valence-electron chi connectivity index (χ3n) is 2.06. The molecule has 0 aliphatic rings. The standard InChI is InChI=1S/C12H9NO5.Na/c14-11(15)7-9-6-10(13-18-9)17-12(16)8-4-2-1-3-5-8;/h1-6H,7H2,(H,14,15);/q;+1/p-1. The molecule has 6 nitrogen and oxygen atoms in total.